The third-order valence-electron chi connectivity index (χ3n) is 5.78. The molecule has 4 nitrogen and oxygen atoms in total. The molecule has 4 rings (SSSR count). The molecule has 0 saturated heterocycles. The molecule has 0 aliphatic carbocycles. The first-order valence-corrected chi connectivity index (χ1v) is 12.4. The summed E-state index contributed by atoms with van der Waals surface area (Å²) in [6.45, 7) is 2.88. The highest BCUT2D eigenvalue weighted by atomic mass is 35.5. The molecule has 0 atom stereocenters. The molecule has 0 aliphatic heterocycles. The number of aryl methyl sites for hydroxylation is 1. The molecule has 6 heteroatoms. The van der Waals surface area contributed by atoms with Gasteiger partial charge in [-0.05, 0) is 53.9 Å². The fourth-order valence-corrected chi connectivity index (χ4v) is 4.41. The zero-order valence-corrected chi connectivity index (χ0v) is 21.4. The molecule has 0 saturated carbocycles. The molecule has 4 aromatic carbocycles. The first-order chi connectivity index (χ1) is 17.4. The summed E-state index contributed by atoms with van der Waals surface area (Å²) in [5, 5.41) is 3.73. The Labute approximate surface area is 221 Å². The van der Waals surface area contributed by atoms with Crippen molar-refractivity contribution in [1.29, 1.82) is 0 Å². The van der Waals surface area contributed by atoms with Gasteiger partial charge in [-0.1, -0.05) is 95.5 Å². The lowest BCUT2D eigenvalue weighted by molar-refractivity contribution is -0.120. The van der Waals surface area contributed by atoms with Gasteiger partial charge in [0.1, 0.15) is 0 Å². The Balaban J connectivity index is 1.49. The number of benzene rings is 4. The smallest absolute Gasteiger partial charge is 0.260 e. The number of rotatable bonds is 8. The molecule has 0 spiro atoms. The molecule has 182 valence electrons. The lowest BCUT2D eigenvalue weighted by Gasteiger charge is -2.24. The van der Waals surface area contributed by atoms with E-state index in [0.717, 1.165) is 22.3 Å². The predicted molar refractivity (Wildman–Crippen MR) is 147 cm³/mol. The Morgan fingerprint density at radius 1 is 0.778 bits per heavy atom. The summed E-state index contributed by atoms with van der Waals surface area (Å²) in [5.41, 5.74) is 5.14. The zero-order chi connectivity index (χ0) is 25.5. The van der Waals surface area contributed by atoms with E-state index in [1.807, 2.05) is 79.7 Å². The van der Waals surface area contributed by atoms with Crippen LogP contribution in [0.1, 0.15) is 32.6 Å². The van der Waals surface area contributed by atoms with Crippen molar-refractivity contribution >= 4 is 40.7 Å². The normalized spacial score (nSPS) is 10.6. The number of amides is 2. The summed E-state index contributed by atoms with van der Waals surface area (Å²) in [5.74, 6) is -0.293. The molecule has 0 radical (unpaired) electrons. The van der Waals surface area contributed by atoms with Crippen LogP contribution in [0.4, 0.5) is 5.69 Å². The lowest BCUT2D eigenvalue weighted by atomic mass is 10.1. The predicted octanol–water partition coefficient (Wildman–Crippen LogP) is 7.01. The second-order valence-corrected chi connectivity index (χ2v) is 9.45. The molecule has 0 unspecified atom stereocenters. The fourth-order valence-electron chi connectivity index (χ4n) is 3.92. The fraction of sp³-hybridized carbons (Fsp3) is 0.133. The molecule has 36 heavy (non-hydrogen) atoms. The number of carbonyl (C=O) groups is 2. The van der Waals surface area contributed by atoms with Crippen LogP contribution < -0.4 is 10.2 Å². The van der Waals surface area contributed by atoms with Crippen molar-refractivity contribution < 1.29 is 9.59 Å². The van der Waals surface area contributed by atoms with E-state index >= 15 is 0 Å². The second kappa shape index (κ2) is 11.9. The van der Waals surface area contributed by atoms with Crippen molar-refractivity contribution in [2.45, 2.75) is 26.4 Å². The van der Waals surface area contributed by atoms with Gasteiger partial charge < -0.3 is 10.2 Å². The molecule has 0 aliphatic rings. The van der Waals surface area contributed by atoms with Gasteiger partial charge in [-0.25, -0.2) is 0 Å². The van der Waals surface area contributed by atoms with Crippen molar-refractivity contribution in [3.63, 3.8) is 0 Å². The van der Waals surface area contributed by atoms with Gasteiger partial charge in [-0.2, -0.15) is 0 Å². The Morgan fingerprint density at radius 2 is 1.50 bits per heavy atom. The zero-order valence-electron chi connectivity index (χ0n) is 19.9. The van der Waals surface area contributed by atoms with Crippen LogP contribution in [-0.2, 0) is 24.3 Å². The average molecular weight is 517 g/mol. The van der Waals surface area contributed by atoms with Crippen LogP contribution in [-0.4, -0.2) is 11.8 Å². The molecular formula is C30H26Cl2N2O2. The number of carbonyl (C=O) groups excluding carboxylic acids is 2. The highest BCUT2D eigenvalue weighted by molar-refractivity contribution is 6.37. The third-order valence-corrected chi connectivity index (χ3v) is 6.32. The van der Waals surface area contributed by atoms with Crippen molar-refractivity contribution in [2.24, 2.45) is 0 Å². The largest absolute Gasteiger partial charge is 0.352 e. The van der Waals surface area contributed by atoms with Gasteiger partial charge in [0.25, 0.3) is 5.91 Å². The van der Waals surface area contributed by atoms with E-state index in [-0.39, 0.29) is 18.2 Å². The molecule has 4 aromatic rings. The molecule has 0 bridgehead atoms. The van der Waals surface area contributed by atoms with Gasteiger partial charge in [0.2, 0.25) is 5.91 Å². The van der Waals surface area contributed by atoms with E-state index in [1.54, 1.807) is 23.1 Å². The molecule has 0 heterocycles. The highest BCUT2D eigenvalue weighted by Crippen LogP contribution is 2.26. The van der Waals surface area contributed by atoms with Gasteiger partial charge in [-0.15, -0.1) is 0 Å². The van der Waals surface area contributed by atoms with Gasteiger partial charge >= 0.3 is 0 Å². The number of nitrogens with zero attached hydrogens (tertiary/aromatic N) is 1. The quantitative estimate of drug-likeness (QED) is 0.273. The average Bonchev–Trinajstić information content (AvgIpc) is 2.87. The van der Waals surface area contributed by atoms with Crippen LogP contribution in [0.5, 0.6) is 0 Å². The maximum absolute atomic E-state index is 13.5. The van der Waals surface area contributed by atoms with Gasteiger partial charge in [0, 0.05) is 17.3 Å². The number of hydrogen-bond donors (Lipinski definition) is 1. The standard InChI is InChI=1S/C30H26Cl2N2O2/c1-21-6-5-9-24(16-21)19-33-29(35)17-22-10-13-26(14-11-22)34(20-23-7-3-2-4-8-23)30(36)27-15-12-25(31)18-28(27)32/h2-16,18H,17,19-20H2,1H3,(H,33,35). The maximum atomic E-state index is 13.5. The van der Waals surface area contributed by atoms with E-state index < -0.39 is 0 Å². The van der Waals surface area contributed by atoms with Crippen molar-refractivity contribution in [1.82, 2.24) is 5.32 Å². The maximum Gasteiger partial charge on any atom is 0.260 e. The van der Waals surface area contributed by atoms with Gasteiger partial charge in [0.05, 0.1) is 23.6 Å². The Bertz CT molecular complexity index is 1360. The van der Waals surface area contributed by atoms with Crippen LogP contribution in [0.25, 0.3) is 0 Å². The van der Waals surface area contributed by atoms with Gasteiger partial charge in [0.15, 0.2) is 0 Å². The van der Waals surface area contributed by atoms with E-state index in [2.05, 4.69) is 11.4 Å². The SMILES string of the molecule is Cc1cccc(CNC(=O)Cc2ccc(N(Cc3ccccc3)C(=O)c3ccc(Cl)cc3Cl)cc2)c1. The van der Waals surface area contributed by atoms with E-state index in [1.165, 1.54) is 0 Å². The van der Waals surface area contributed by atoms with E-state index in [9.17, 15) is 9.59 Å². The van der Waals surface area contributed by atoms with Crippen LogP contribution >= 0.6 is 23.2 Å². The number of nitrogens with one attached hydrogen (secondary N) is 1. The van der Waals surface area contributed by atoms with Crippen LogP contribution in [0.3, 0.4) is 0 Å². The van der Waals surface area contributed by atoms with Crippen LogP contribution in [0.2, 0.25) is 10.0 Å². The molecule has 1 N–H and O–H groups in total. The summed E-state index contributed by atoms with van der Waals surface area (Å²) < 4.78 is 0. The van der Waals surface area contributed by atoms with E-state index in [4.69, 9.17) is 23.2 Å². The Morgan fingerprint density at radius 3 is 2.19 bits per heavy atom. The minimum absolute atomic E-state index is 0.0607. The number of hydrogen-bond acceptors (Lipinski definition) is 2. The summed E-state index contributed by atoms with van der Waals surface area (Å²) in [6, 6.07) is 30.1. The first-order valence-electron chi connectivity index (χ1n) is 11.6. The van der Waals surface area contributed by atoms with Crippen molar-refractivity contribution in [3.05, 3.63) is 135 Å². The minimum atomic E-state index is -0.232. The topological polar surface area (TPSA) is 49.4 Å². The summed E-state index contributed by atoms with van der Waals surface area (Å²) >= 11 is 12.4. The summed E-state index contributed by atoms with van der Waals surface area (Å²) in [4.78, 5) is 27.7. The third kappa shape index (κ3) is 6.75. The lowest BCUT2D eigenvalue weighted by Crippen LogP contribution is -2.30. The van der Waals surface area contributed by atoms with E-state index in [0.29, 0.717) is 34.4 Å². The first kappa shape index (κ1) is 25.5. The number of anilines is 1. The molecule has 0 aromatic heterocycles. The Hall–Kier alpha value is -3.60. The number of halogens is 2. The van der Waals surface area contributed by atoms with Crippen molar-refractivity contribution in [2.75, 3.05) is 4.90 Å². The highest BCUT2D eigenvalue weighted by Gasteiger charge is 2.21. The molecule has 0 fully saturated rings. The van der Waals surface area contributed by atoms with Crippen molar-refractivity contribution in [3.8, 4) is 0 Å². The second-order valence-electron chi connectivity index (χ2n) is 8.61. The Kier molecular flexibility index (Phi) is 8.42. The minimum Gasteiger partial charge on any atom is -0.352 e. The summed E-state index contributed by atoms with van der Waals surface area (Å²) in [6.07, 6.45) is 0.252. The molecule has 2 amide bonds. The van der Waals surface area contributed by atoms with Gasteiger partial charge in [-0.3, -0.25) is 9.59 Å². The summed E-state index contributed by atoms with van der Waals surface area (Å²) in [7, 11) is 0. The van der Waals surface area contributed by atoms with Crippen LogP contribution in [0.15, 0.2) is 97.1 Å². The van der Waals surface area contributed by atoms with Crippen LogP contribution in [0, 0.1) is 6.92 Å². The molecular weight excluding hydrogens is 491 g/mol. The monoisotopic (exact) mass is 516 g/mol.